The van der Waals surface area contributed by atoms with Crippen molar-refractivity contribution in [2.75, 3.05) is 20.8 Å². The molecule has 0 amide bonds. The molecule has 11 heteroatoms. The molecule has 0 bridgehead atoms. The highest BCUT2D eigenvalue weighted by molar-refractivity contribution is 9.10. The van der Waals surface area contributed by atoms with E-state index in [1.807, 2.05) is 30.3 Å². The highest BCUT2D eigenvalue weighted by Crippen LogP contribution is 2.36. The Morgan fingerprint density at radius 1 is 1.11 bits per heavy atom. The Kier molecular flexibility index (Phi) is 7.30. The number of esters is 1. The maximum Gasteiger partial charge on any atom is 0.343 e. The fraction of sp³-hybridized carbons (Fsp3) is 0.111. The summed E-state index contributed by atoms with van der Waals surface area (Å²) in [6, 6.07) is 17.9. The summed E-state index contributed by atoms with van der Waals surface area (Å²) in [6.45, 7) is -0.283. The lowest BCUT2D eigenvalue weighted by Gasteiger charge is -2.12. The second-order valence-electron chi connectivity index (χ2n) is 8.01. The zero-order valence-electron chi connectivity index (χ0n) is 20.1. The van der Waals surface area contributed by atoms with Gasteiger partial charge in [-0.15, -0.1) is 0 Å². The maximum atomic E-state index is 13.5. The molecule has 2 aromatic heterocycles. The fourth-order valence-electron chi connectivity index (χ4n) is 3.78. The average Bonchev–Trinajstić information content (AvgIpc) is 3.34. The number of ether oxygens (including phenoxy) is 3. The monoisotopic (exact) mass is 639 g/mol. The van der Waals surface area contributed by atoms with Crippen molar-refractivity contribution in [3.05, 3.63) is 85.5 Å². The van der Waals surface area contributed by atoms with Crippen LogP contribution in [0, 0.1) is 0 Å². The molecule has 0 fully saturated rings. The molecular formula is C27H19Br2N3O6. The van der Waals surface area contributed by atoms with E-state index < -0.39 is 5.97 Å². The van der Waals surface area contributed by atoms with Gasteiger partial charge in [-0.1, -0.05) is 28.1 Å². The zero-order valence-corrected chi connectivity index (χ0v) is 23.3. The van der Waals surface area contributed by atoms with E-state index in [1.165, 1.54) is 25.1 Å². The molecular weight excluding hydrogens is 622 g/mol. The number of furan rings is 1. The molecule has 0 saturated heterocycles. The molecule has 0 aliphatic rings. The van der Waals surface area contributed by atoms with Crippen LogP contribution in [0.2, 0.25) is 0 Å². The molecule has 0 atom stereocenters. The van der Waals surface area contributed by atoms with E-state index in [4.69, 9.17) is 18.9 Å². The van der Waals surface area contributed by atoms with Gasteiger partial charge in [0.1, 0.15) is 5.58 Å². The molecule has 0 aliphatic carbocycles. The number of hydrogen-bond donors (Lipinski definition) is 0. The Bertz CT molecular complexity index is 1780. The number of fused-ring (bicyclic) bond motifs is 2. The number of para-hydroxylation sites is 1. The number of aromatic nitrogens is 2. The van der Waals surface area contributed by atoms with E-state index in [-0.39, 0.29) is 18.0 Å². The number of nitrogens with zero attached hydrogens (tertiary/aromatic N) is 3. The number of hydrogen-bond acceptors (Lipinski definition) is 8. The van der Waals surface area contributed by atoms with Gasteiger partial charge in [0, 0.05) is 9.86 Å². The second-order valence-corrected chi connectivity index (χ2v) is 9.78. The van der Waals surface area contributed by atoms with Crippen molar-refractivity contribution in [1.29, 1.82) is 0 Å². The first-order chi connectivity index (χ1) is 18.4. The molecule has 3 aromatic carbocycles. The van der Waals surface area contributed by atoms with Gasteiger partial charge in [0.05, 0.1) is 35.8 Å². The van der Waals surface area contributed by atoms with E-state index in [0.717, 1.165) is 9.86 Å². The summed E-state index contributed by atoms with van der Waals surface area (Å²) >= 11 is 6.91. The lowest BCUT2D eigenvalue weighted by molar-refractivity contribution is -0.142. The van der Waals surface area contributed by atoms with Gasteiger partial charge in [0.25, 0.3) is 5.56 Å². The molecule has 0 radical (unpaired) electrons. The van der Waals surface area contributed by atoms with Crippen LogP contribution in [-0.2, 0) is 9.53 Å². The largest absolute Gasteiger partial charge is 0.493 e. The third-order valence-electron chi connectivity index (χ3n) is 5.59. The Labute approximate surface area is 232 Å². The van der Waals surface area contributed by atoms with Gasteiger partial charge in [0.2, 0.25) is 5.82 Å². The Morgan fingerprint density at radius 2 is 1.92 bits per heavy atom. The quantitative estimate of drug-likeness (QED) is 0.164. The zero-order chi connectivity index (χ0) is 26.8. The van der Waals surface area contributed by atoms with Crippen molar-refractivity contribution in [1.82, 2.24) is 9.66 Å². The van der Waals surface area contributed by atoms with Gasteiger partial charge in [-0.05, 0) is 70.0 Å². The average molecular weight is 641 g/mol. The van der Waals surface area contributed by atoms with Gasteiger partial charge < -0.3 is 18.6 Å². The van der Waals surface area contributed by atoms with Crippen molar-refractivity contribution in [3.8, 4) is 23.1 Å². The minimum absolute atomic E-state index is 0.251. The van der Waals surface area contributed by atoms with Gasteiger partial charge in [-0.2, -0.15) is 9.78 Å². The van der Waals surface area contributed by atoms with Gasteiger partial charge in [0.15, 0.2) is 23.9 Å². The molecule has 0 saturated carbocycles. The first kappa shape index (κ1) is 25.7. The highest BCUT2D eigenvalue weighted by Gasteiger charge is 2.17. The minimum atomic E-state index is -0.529. The first-order valence-electron chi connectivity index (χ1n) is 11.2. The van der Waals surface area contributed by atoms with Gasteiger partial charge >= 0.3 is 5.97 Å². The second kappa shape index (κ2) is 10.8. The smallest absolute Gasteiger partial charge is 0.343 e. The summed E-state index contributed by atoms with van der Waals surface area (Å²) in [6.07, 6.45) is 1.50. The third kappa shape index (κ3) is 5.07. The minimum Gasteiger partial charge on any atom is -0.493 e. The normalized spacial score (nSPS) is 11.4. The van der Waals surface area contributed by atoms with Crippen molar-refractivity contribution in [2.45, 2.75) is 0 Å². The highest BCUT2D eigenvalue weighted by atomic mass is 79.9. The van der Waals surface area contributed by atoms with Crippen LogP contribution < -0.4 is 15.0 Å². The van der Waals surface area contributed by atoms with Crippen LogP contribution in [0.5, 0.6) is 11.5 Å². The van der Waals surface area contributed by atoms with Gasteiger partial charge in [-0.3, -0.25) is 4.79 Å². The van der Waals surface area contributed by atoms with E-state index >= 15 is 0 Å². The molecule has 38 heavy (non-hydrogen) atoms. The summed E-state index contributed by atoms with van der Waals surface area (Å²) in [5.74, 6) is 0.800. The number of rotatable bonds is 7. The van der Waals surface area contributed by atoms with Crippen molar-refractivity contribution < 1.29 is 23.4 Å². The lowest BCUT2D eigenvalue weighted by Crippen LogP contribution is -2.20. The predicted octanol–water partition coefficient (Wildman–Crippen LogP) is 5.78. The molecule has 9 nitrogen and oxygen atoms in total. The van der Waals surface area contributed by atoms with Crippen LogP contribution in [0.4, 0.5) is 0 Å². The molecule has 0 N–H and O–H groups in total. The first-order valence-corrected chi connectivity index (χ1v) is 12.8. The van der Waals surface area contributed by atoms with E-state index in [1.54, 1.807) is 30.3 Å². The van der Waals surface area contributed by atoms with Crippen molar-refractivity contribution in [2.24, 2.45) is 5.10 Å². The topological polar surface area (TPSA) is 105 Å². The van der Waals surface area contributed by atoms with Crippen LogP contribution in [0.15, 0.2) is 83.9 Å². The van der Waals surface area contributed by atoms with Crippen LogP contribution in [0.25, 0.3) is 33.5 Å². The van der Waals surface area contributed by atoms with Gasteiger partial charge in [-0.25, -0.2) is 9.78 Å². The summed E-state index contributed by atoms with van der Waals surface area (Å²) in [5, 5.41) is 5.74. The van der Waals surface area contributed by atoms with Crippen LogP contribution in [0.3, 0.4) is 0 Å². The summed E-state index contributed by atoms with van der Waals surface area (Å²) in [5.41, 5.74) is 1.42. The molecule has 0 aliphatic heterocycles. The third-order valence-corrected chi connectivity index (χ3v) is 6.67. The Hall–Kier alpha value is -3.96. The predicted molar refractivity (Wildman–Crippen MR) is 150 cm³/mol. The van der Waals surface area contributed by atoms with Crippen LogP contribution >= 0.6 is 31.9 Å². The molecule has 2 heterocycles. The van der Waals surface area contributed by atoms with Crippen molar-refractivity contribution >= 4 is 65.9 Å². The Morgan fingerprint density at radius 3 is 2.71 bits per heavy atom. The summed E-state index contributed by atoms with van der Waals surface area (Å²) < 4.78 is 24.3. The molecule has 5 rings (SSSR count). The standard InChI is InChI=1S/C27H19Br2N3O6/c1-35-22-10-15(9-19(29)25(22)37-14-24(33)36-2)13-30-32-26(31-20-6-4-3-5-18(20)27(32)34)23-12-16-11-17(28)7-8-21(16)38-23/h3-13H,14H2,1-2H3. The number of methoxy groups -OCH3 is 2. The Balaban J connectivity index is 1.61. The number of halogens is 2. The van der Waals surface area contributed by atoms with E-state index in [9.17, 15) is 9.59 Å². The van der Waals surface area contributed by atoms with E-state index in [0.29, 0.717) is 43.8 Å². The number of carbonyl (C=O) groups is 1. The van der Waals surface area contributed by atoms with Crippen LogP contribution in [0.1, 0.15) is 5.56 Å². The van der Waals surface area contributed by atoms with Crippen molar-refractivity contribution in [3.63, 3.8) is 0 Å². The summed E-state index contributed by atoms with van der Waals surface area (Å²) in [7, 11) is 2.75. The summed E-state index contributed by atoms with van der Waals surface area (Å²) in [4.78, 5) is 29.7. The SMILES string of the molecule is COC(=O)COc1c(Br)cc(C=Nn2c(-c3cc4cc(Br)ccc4o3)nc3ccccc3c2=O)cc1OC. The lowest BCUT2D eigenvalue weighted by atomic mass is 10.2. The molecule has 0 unspecified atom stereocenters. The molecule has 192 valence electrons. The number of carbonyl (C=O) groups excluding carboxylic acids is 1. The molecule has 0 spiro atoms. The maximum absolute atomic E-state index is 13.5. The van der Waals surface area contributed by atoms with Crippen LogP contribution in [-0.4, -0.2) is 42.7 Å². The number of benzene rings is 3. The molecule has 5 aromatic rings. The van der Waals surface area contributed by atoms with E-state index in [2.05, 4.69) is 41.7 Å². The fourth-order valence-corrected chi connectivity index (χ4v) is 4.74.